The van der Waals surface area contributed by atoms with Gasteiger partial charge in [-0.2, -0.15) is 5.10 Å². The molecular weight excluding hydrogens is 457 g/mol. The Morgan fingerprint density at radius 1 is 1.22 bits per heavy atom. The lowest BCUT2D eigenvalue weighted by atomic mass is 10.2. The molecule has 5 nitrogen and oxygen atoms in total. The van der Waals surface area contributed by atoms with E-state index in [1.54, 1.807) is 36.5 Å². The van der Waals surface area contributed by atoms with Gasteiger partial charge in [-0.15, -0.1) is 0 Å². The first-order valence-corrected chi connectivity index (χ1v) is 10.7. The number of benzene rings is 2. The van der Waals surface area contributed by atoms with Crippen LogP contribution in [0.15, 0.2) is 58.0 Å². The van der Waals surface area contributed by atoms with Gasteiger partial charge in [0, 0.05) is 16.8 Å². The molecule has 0 aliphatic heterocycles. The fourth-order valence-corrected chi connectivity index (χ4v) is 4.27. The van der Waals surface area contributed by atoms with Crippen LogP contribution in [0.1, 0.15) is 18.1 Å². The van der Waals surface area contributed by atoms with Gasteiger partial charge in [-0.05, 0) is 52.2 Å². The summed E-state index contributed by atoms with van der Waals surface area (Å²) in [6.45, 7) is 2.06. The summed E-state index contributed by atoms with van der Waals surface area (Å²) in [6, 6.07) is 11.0. The summed E-state index contributed by atoms with van der Waals surface area (Å²) in [6.07, 6.45) is 2.38. The summed E-state index contributed by atoms with van der Waals surface area (Å²) in [5.74, 6) is -0.339. The van der Waals surface area contributed by atoms with Crippen LogP contribution in [0.4, 0.5) is 10.2 Å². The lowest BCUT2D eigenvalue weighted by molar-refractivity contribution is 0.585. The molecule has 3 rings (SSSR count). The minimum Gasteiger partial charge on any atom is -0.265 e. The number of hydrogen-bond acceptors (Lipinski definition) is 3. The molecule has 1 N–H and O–H groups in total. The summed E-state index contributed by atoms with van der Waals surface area (Å²) in [5, 5.41) is 4.46. The zero-order chi connectivity index (χ0) is 19.6. The SMILES string of the molecule is CCc1ccc(S(=O)(=O)Nc2nn(Cc3c(F)cccc3Cl)cc2Br)cc1. The third kappa shape index (κ3) is 4.51. The Hall–Kier alpha value is -1.90. The van der Waals surface area contributed by atoms with E-state index in [2.05, 4.69) is 25.8 Å². The van der Waals surface area contributed by atoms with Gasteiger partial charge < -0.3 is 0 Å². The summed E-state index contributed by atoms with van der Waals surface area (Å²) in [7, 11) is -3.79. The van der Waals surface area contributed by atoms with Crippen molar-refractivity contribution < 1.29 is 12.8 Å². The highest BCUT2D eigenvalue weighted by Gasteiger charge is 2.19. The minimum atomic E-state index is -3.79. The Labute approximate surface area is 170 Å². The number of anilines is 1. The van der Waals surface area contributed by atoms with E-state index in [9.17, 15) is 12.8 Å². The Morgan fingerprint density at radius 2 is 1.93 bits per heavy atom. The van der Waals surface area contributed by atoms with Crippen molar-refractivity contribution in [2.24, 2.45) is 0 Å². The highest BCUT2D eigenvalue weighted by atomic mass is 79.9. The largest absolute Gasteiger partial charge is 0.265 e. The van der Waals surface area contributed by atoms with Crippen molar-refractivity contribution in [3.63, 3.8) is 0 Å². The number of halogens is 3. The molecule has 0 aliphatic carbocycles. The maximum absolute atomic E-state index is 13.9. The topological polar surface area (TPSA) is 64.0 Å². The lowest BCUT2D eigenvalue weighted by Crippen LogP contribution is -2.14. The predicted molar refractivity (Wildman–Crippen MR) is 107 cm³/mol. The van der Waals surface area contributed by atoms with Crippen LogP contribution in [0.2, 0.25) is 5.02 Å². The van der Waals surface area contributed by atoms with E-state index >= 15 is 0 Å². The maximum atomic E-state index is 13.9. The van der Waals surface area contributed by atoms with Crippen molar-refractivity contribution in [2.75, 3.05) is 4.72 Å². The smallest absolute Gasteiger partial charge is 0.263 e. The number of sulfonamides is 1. The zero-order valence-electron chi connectivity index (χ0n) is 14.3. The summed E-state index contributed by atoms with van der Waals surface area (Å²) in [4.78, 5) is 0.137. The molecule has 142 valence electrons. The first-order chi connectivity index (χ1) is 12.8. The highest BCUT2D eigenvalue weighted by molar-refractivity contribution is 9.10. The molecule has 0 fully saturated rings. The van der Waals surface area contributed by atoms with Crippen LogP contribution in [-0.4, -0.2) is 18.2 Å². The van der Waals surface area contributed by atoms with Crippen molar-refractivity contribution in [3.05, 3.63) is 75.1 Å². The molecule has 9 heteroatoms. The molecule has 0 amide bonds. The molecule has 27 heavy (non-hydrogen) atoms. The van der Waals surface area contributed by atoms with Crippen molar-refractivity contribution >= 4 is 43.4 Å². The molecule has 1 aromatic heterocycles. The second-order valence-corrected chi connectivity index (χ2v) is 8.77. The van der Waals surface area contributed by atoms with Crippen LogP contribution >= 0.6 is 27.5 Å². The quantitative estimate of drug-likeness (QED) is 0.558. The molecule has 0 radical (unpaired) electrons. The van der Waals surface area contributed by atoms with Crippen molar-refractivity contribution in [1.29, 1.82) is 0 Å². The van der Waals surface area contributed by atoms with E-state index < -0.39 is 15.8 Å². The standard InChI is InChI=1S/C18H16BrClFN3O2S/c1-2-12-6-8-13(9-7-12)27(25,26)23-18-15(19)11-24(22-18)10-14-16(20)4-3-5-17(14)21/h3-9,11H,2,10H2,1H3,(H,22,23). The Kier molecular flexibility index (Phi) is 5.88. The highest BCUT2D eigenvalue weighted by Crippen LogP contribution is 2.26. The van der Waals surface area contributed by atoms with Crippen molar-refractivity contribution in [1.82, 2.24) is 9.78 Å². The maximum Gasteiger partial charge on any atom is 0.263 e. The molecule has 0 saturated carbocycles. The molecule has 0 spiro atoms. The second-order valence-electron chi connectivity index (χ2n) is 5.83. The van der Waals surface area contributed by atoms with E-state index in [0.29, 0.717) is 4.47 Å². The van der Waals surface area contributed by atoms with E-state index in [0.717, 1.165) is 12.0 Å². The number of aryl methyl sites for hydroxylation is 1. The van der Waals surface area contributed by atoms with Crippen molar-refractivity contribution in [3.8, 4) is 0 Å². The third-order valence-electron chi connectivity index (χ3n) is 3.97. The molecule has 3 aromatic rings. The fraction of sp³-hybridized carbons (Fsp3) is 0.167. The molecule has 0 saturated heterocycles. The van der Waals surface area contributed by atoms with Crippen molar-refractivity contribution in [2.45, 2.75) is 24.8 Å². The average molecular weight is 473 g/mol. The lowest BCUT2D eigenvalue weighted by Gasteiger charge is -2.07. The normalized spacial score (nSPS) is 11.6. The van der Waals surface area contributed by atoms with Crippen LogP contribution in [-0.2, 0) is 23.0 Å². The summed E-state index contributed by atoms with van der Waals surface area (Å²) < 4.78 is 43.4. The minimum absolute atomic E-state index is 0.0665. The van der Waals surface area contributed by atoms with Gasteiger partial charge in [0.2, 0.25) is 0 Å². The molecule has 1 heterocycles. The van der Waals surface area contributed by atoms with E-state index in [1.165, 1.54) is 16.8 Å². The number of rotatable bonds is 6. The molecule has 0 aliphatic rings. The zero-order valence-corrected chi connectivity index (χ0v) is 17.4. The molecular formula is C18H16BrClFN3O2S. The van der Waals surface area contributed by atoms with Crippen LogP contribution in [0.3, 0.4) is 0 Å². The van der Waals surface area contributed by atoms with Gasteiger partial charge in [0.25, 0.3) is 10.0 Å². The first kappa shape index (κ1) is 19.9. The van der Waals surface area contributed by atoms with Gasteiger partial charge in [0.1, 0.15) is 5.82 Å². The predicted octanol–water partition coefficient (Wildman–Crippen LogP) is 4.85. The number of nitrogens with one attached hydrogen (secondary N) is 1. The van der Waals surface area contributed by atoms with Crippen LogP contribution in [0, 0.1) is 5.82 Å². The van der Waals surface area contributed by atoms with Gasteiger partial charge in [-0.1, -0.05) is 36.7 Å². The van der Waals surface area contributed by atoms with Gasteiger partial charge >= 0.3 is 0 Å². The van der Waals surface area contributed by atoms with Gasteiger partial charge in [-0.3, -0.25) is 9.40 Å². The Bertz CT molecular complexity index is 1050. The third-order valence-corrected chi connectivity index (χ3v) is 6.26. The van der Waals surface area contributed by atoms with Crippen LogP contribution in [0.25, 0.3) is 0 Å². The average Bonchev–Trinajstić information content (AvgIpc) is 2.97. The monoisotopic (exact) mass is 471 g/mol. The molecule has 0 bridgehead atoms. The fourth-order valence-electron chi connectivity index (χ4n) is 2.48. The number of aromatic nitrogens is 2. The van der Waals surface area contributed by atoms with E-state index in [-0.39, 0.29) is 27.8 Å². The van der Waals surface area contributed by atoms with Gasteiger partial charge in [0.15, 0.2) is 5.82 Å². The summed E-state index contributed by atoms with van der Waals surface area (Å²) >= 11 is 9.31. The van der Waals surface area contributed by atoms with Crippen LogP contribution < -0.4 is 4.72 Å². The first-order valence-electron chi connectivity index (χ1n) is 8.07. The second kappa shape index (κ2) is 8.00. The number of nitrogens with zero attached hydrogens (tertiary/aromatic N) is 2. The molecule has 0 unspecified atom stereocenters. The van der Waals surface area contributed by atoms with Gasteiger partial charge in [-0.25, -0.2) is 12.8 Å². The van der Waals surface area contributed by atoms with E-state index in [4.69, 9.17) is 11.6 Å². The number of hydrogen-bond donors (Lipinski definition) is 1. The Morgan fingerprint density at radius 3 is 2.56 bits per heavy atom. The van der Waals surface area contributed by atoms with Gasteiger partial charge in [0.05, 0.1) is 15.9 Å². The summed E-state index contributed by atoms with van der Waals surface area (Å²) in [5.41, 5.74) is 1.32. The molecule has 0 atom stereocenters. The Balaban J connectivity index is 1.84. The van der Waals surface area contributed by atoms with Crippen LogP contribution in [0.5, 0.6) is 0 Å². The van der Waals surface area contributed by atoms with E-state index in [1.807, 2.05) is 6.92 Å². The molecule has 2 aromatic carbocycles.